The molecule has 0 saturated carbocycles. The zero-order chi connectivity index (χ0) is 24.2. The van der Waals surface area contributed by atoms with Gasteiger partial charge in [-0.2, -0.15) is 0 Å². The number of esters is 3. The van der Waals surface area contributed by atoms with Crippen LogP contribution in [0.1, 0.15) is 105 Å². The Balaban J connectivity index is 0. The lowest BCUT2D eigenvalue weighted by Crippen LogP contribution is -2.32. The van der Waals surface area contributed by atoms with Gasteiger partial charge < -0.3 is 19.9 Å². The fourth-order valence-corrected chi connectivity index (χ4v) is 3.23. The van der Waals surface area contributed by atoms with Crippen molar-refractivity contribution in [2.24, 2.45) is 17.6 Å². The van der Waals surface area contributed by atoms with E-state index in [9.17, 15) is 14.4 Å². The number of nitrogens with two attached hydrogens (primary N) is 1. The lowest BCUT2D eigenvalue weighted by molar-refractivity contribution is -0.169. The molecule has 0 heterocycles. The minimum Gasteiger partial charge on any atom is -0.461 e. The molecule has 0 radical (unpaired) electrons. The Morgan fingerprint density at radius 3 is 1.58 bits per heavy atom. The van der Waals surface area contributed by atoms with Crippen molar-refractivity contribution in [2.45, 2.75) is 111 Å². The molecular weight excluding hydrogens is 446 g/mol. The molecule has 0 aromatic rings. The van der Waals surface area contributed by atoms with Crippen LogP contribution in [0.15, 0.2) is 0 Å². The van der Waals surface area contributed by atoms with E-state index >= 15 is 0 Å². The Bertz CT molecular complexity index is 483. The number of ether oxygens (including phenoxy) is 3. The highest BCUT2D eigenvalue weighted by Crippen LogP contribution is 2.14. The number of carbonyl (C=O) groups is 3. The maximum atomic E-state index is 12.3. The van der Waals surface area contributed by atoms with Gasteiger partial charge in [0.1, 0.15) is 13.2 Å². The van der Waals surface area contributed by atoms with E-state index in [2.05, 4.69) is 13.8 Å². The monoisotopic (exact) mass is 493 g/mol. The maximum absolute atomic E-state index is 12.3. The van der Waals surface area contributed by atoms with Crippen molar-refractivity contribution in [1.82, 2.24) is 0 Å². The van der Waals surface area contributed by atoms with Crippen molar-refractivity contribution in [2.75, 3.05) is 19.8 Å². The smallest absolute Gasteiger partial charge is 0.308 e. The van der Waals surface area contributed by atoms with Gasteiger partial charge in [0.15, 0.2) is 6.10 Å². The van der Waals surface area contributed by atoms with E-state index in [0.29, 0.717) is 13.0 Å². The van der Waals surface area contributed by atoms with Crippen LogP contribution in [0.25, 0.3) is 0 Å². The number of hydrogen-bond donors (Lipinski definition) is 1. The Morgan fingerprint density at radius 2 is 1.18 bits per heavy atom. The summed E-state index contributed by atoms with van der Waals surface area (Å²) in [5, 5.41) is 0. The van der Waals surface area contributed by atoms with Crippen molar-refractivity contribution in [3.63, 3.8) is 0 Å². The molecule has 0 aliphatic rings. The first-order chi connectivity index (χ1) is 15.3. The summed E-state index contributed by atoms with van der Waals surface area (Å²) in [6, 6.07) is 0. The zero-order valence-corrected chi connectivity index (χ0v) is 22.1. The van der Waals surface area contributed by atoms with Gasteiger partial charge in [0.05, 0.1) is 11.8 Å². The minimum absolute atomic E-state index is 0. The summed E-state index contributed by atoms with van der Waals surface area (Å²) in [6.45, 7) is 8.12. The molecule has 0 amide bonds. The quantitative estimate of drug-likeness (QED) is 0.138. The van der Waals surface area contributed by atoms with Crippen LogP contribution in [-0.4, -0.2) is 43.8 Å². The molecule has 8 heteroatoms. The lowest BCUT2D eigenvalue weighted by atomic mass is 10.0. The third-order valence-corrected chi connectivity index (χ3v) is 5.49. The maximum Gasteiger partial charge on any atom is 0.308 e. The van der Waals surface area contributed by atoms with Crippen LogP contribution in [0.2, 0.25) is 0 Å². The van der Waals surface area contributed by atoms with E-state index in [0.717, 1.165) is 64.2 Å². The number of hydrogen-bond acceptors (Lipinski definition) is 7. The van der Waals surface area contributed by atoms with E-state index in [-0.39, 0.29) is 55.8 Å². The van der Waals surface area contributed by atoms with Gasteiger partial charge in [0, 0.05) is 6.42 Å². The Labute approximate surface area is 207 Å². The standard InChI is InChI=1S/C25H47NO6.ClH/c1-5-7-9-11-14-20(3)24(28)30-18-22(32-23(27)16-13-17-26)19-31-25(29)21(4)15-12-10-8-6-2;/h20-22H,5-19,26H2,1-4H3;1H. The van der Waals surface area contributed by atoms with Gasteiger partial charge in [-0.15, -0.1) is 12.4 Å². The Hall–Kier alpha value is -1.34. The molecular formula is C25H48ClNO6. The third kappa shape index (κ3) is 18.7. The van der Waals surface area contributed by atoms with Gasteiger partial charge in [0.25, 0.3) is 0 Å². The first-order valence-corrected chi connectivity index (χ1v) is 12.6. The molecule has 0 rings (SSSR count). The number of carbonyl (C=O) groups excluding carboxylic acids is 3. The summed E-state index contributed by atoms with van der Waals surface area (Å²) in [6.07, 6.45) is 10.2. The van der Waals surface area contributed by atoms with Crippen LogP contribution < -0.4 is 5.73 Å². The fraction of sp³-hybridized carbons (Fsp3) is 0.880. The summed E-state index contributed by atoms with van der Waals surface area (Å²) < 4.78 is 16.2. The minimum atomic E-state index is -0.812. The summed E-state index contributed by atoms with van der Waals surface area (Å²) in [5.74, 6) is -1.51. The molecule has 0 aromatic carbocycles. The number of halogens is 1. The second kappa shape index (κ2) is 22.5. The molecule has 0 fully saturated rings. The molecule has 2 unspecified atom stereocenters. The van der Waals surface area contributed by atoms with Crippen molar-refractivity contribution >= 4 is 30.3 Å². The van der Waals surface area contributed by atoms with Crippen LogP contribution in [0.4, 0.5) is 0 Å². The van der Waals surface area contributed by atoms with Crippen molar-refractivity contribution in [3.8, 4) is 0 Å². The van der Waals surface area contributed by atoms with Gasteiger partial charge in [-0.05, 0) is 25.8 Å². The lowest BCUT2D eigenvalue weighted by Gasteiger charge is -2.20. The summed E-state index contributed by atoms with van der Waals surface area (Å²) in [4.78, 5) is 36.6. The van der Waals surface area contributed by atoms with Gasteiger partial charge in [-0.3, -0.25) is 14.4 Å². The van der Waals surface area contributed by atoms with E-state index < -0.39 is 12.1 Å². The van der Waals surface area contributed by atoms with Crippen molar-refractivity contribution in [1.29, 1.82) is 0 Å². The highest BCUT2D eigenvalue weighted by molar-refractivity contribution is 5.85. The second-order valence-electron chi connectivity index (χ2n) is 8.76. The first-order valence-electron chi connectivity index (χ1n) is 12.6. The van der Waals surface area contributed by atoms with Crippen LogP contribution in [0.3, 0.4) is 0 Å². The molecule has 2 atom stereocenters. The summed E-state index contributed by atoms with van der Waals surface area (Å²) in [5.41, 5.74) is 5.44. The van der Waals surface area contributed by atoms with Crippen molar-refractivity contribution in [3.05, 3.63) is 0 Å². The van der Waals surface area contributed by atoms with Crippen LogP contribution >= 0.6 is 12.4 Å². The summed E-state index contributed by atoms with van der Waals surface area (Å²) in [7, 11) is 0. The van der Waals surface area contributed by atoms with E-state index in [1.54, 1.807) is 0 Å². The molecule has 0 aromatic heterocycles. The van der Waals surface area contributed by atoms with Gasteiger partial charge in [0.2, 0.25) is 0 Å². The molecule has 0 aliphatic heterocycles. The van der Waals surface area contributed by atoms with E-state index in [4.69, 9.17) is 19.9 Å². The number of rotatable bonds is 20. The normalized spacial score (nSPS) is 13.4. The highest BCUT2D eigenvalue weighted by Gasteiger charge is 2.23. The van der Waals surface area contributed by atoms with Crippen LogP contribution in [-0.2, 0) is 28.6 Å². The Kier molecular flexibility index (Phi) is 23.0. The molecule has 33 heavy (non-hydrogen) atoms. The second-order valence-corrected chi connectivity index (χ2v) is 8.76. The van der Waals surface area contributed by atoms with E-state index in [1.165, 1.54) is 0 Å². The fourth-order valence-electron chi connectivity index (χ4n) is 3.23. The molecule has 0 spiro atoms. The zero-order valence-electron chi connectivity index (χ0n) is 21.3. The molecule has 2 N–H and O–H groups in total. The Morgan fingerprint density at radius 1 is 0.727 bits per heavy atom. The molecule has 7 nitrogen and oxygen atoms in total. The molecule has 0 saturated heterocycles. The van der Waals surface area contributed by atoms with Gasteiger partial charge in [-0.25, -0.2) is 0 Å². The predicted octanol–water partition coefficient (Wildman–Crippen LogP) is 5.36. The topological polar surface area (TPSA) is 105 Å². The summed E-state index contributed by atoms with van der Waals surface area (Å²) >= 11 is 0. The van der Waals surface area contributed by atoms with Crippen molar-refractivity contribution < 1.29 is 28.6 Å². The van der Waals surface area contributed by atoms with Gasteiger partial charge in [-0.1, -0.05) is 79.1 Å². The molecule has 0 bridgehead atoms. The van der Waals surface area contributed by atoms with E-state index in [1.807, 2.05) is 13.8 Å². The van der Waals surface area contributed by atoms with Crippen LogP contribution in [0.5, 0.6) is 0 Å². The predicted molar refractivity (Wildman–Crippen MR) is 133 cm³/mol. The largest absolute Gasteiger partial charge is 0.461 e. The number of unbranched alkanes of at least 4 members (excludes halogenated alkanes) is 6. The molecule has 0 aliphatic carbocycles. The van der Waals surface area contributed by atoms with Gasteiger partial charge >= 0.3 is 17.9 Å². The SMILES string of the molecule is CCCCCCC(C)C(=O)OCC(COC(=O)C(C)CCCCCC)OC(=O)CCCN.Cl. The molecule has 196 valence electrons. The highest BCUT2D eigenvalue weighted by atomic mass is 35.5. The third-order valence-electron chi connectivity index (χ3n) is 5.49. The average molecular weight is 494 g/mol. The first kappa shape index (κ1) is 33.8. The van der Waals surface area contributed by atoms with Crippen LogP contribution in [0, 0.1) is 11.8 Å². The average Bonchev–Trinajstić information content (AvgIpc) is 2.79.